The highest BCUT2D eigenvalue weighted by Crippen LogP contribution is 2.32. The summed E-state index contributed by atoms with van der Waals surface area (Å²) in [6.45, 7) is 0.636. The molecule has 1 aromatic carbocycles. The molecule has 7 heteroatoms. The fourth-order valence-electron chi connectivity index (χ4n) is 3.50. The first-order valence-corrected chi connectivity index (χ1v) is 10.3. The number of rotatable bonds is 3. The van der Waals surface area contributed by atoms with Gasteiger partial charge in [0.15, 0.2) is 0 Å². The van der Waals surface area contributed by atoms with Gasteiger partial charge in [0.2, 0.25) is 0 Å². The maximum absolute atomic E-state index is 12.7. The number of amides is 3. The molecule has 0 bridgehead atoms. The quantitative estimate of drug-likeness (QED) is 0.844. The van der Waals surface area contributed by atoms with E-state index in [0.29, 0.717) is 23.8 Å². The molecule has 2 aliphatic rings. The van der Waals surface area contributed by atoms with Crippen molar-refractivity contribution >= 4 is 35.1 Å². The molecule has 27 heavy (non-hydrogen) atoms. The monoisotopic (exact) mass is 382 g/mol. The summed E-state index contributed by atoms with van der Waals surface area (Å²) in [6, 6.07) is 10.9. The van der Waals surface area contributed by atoms with Crippen molar-refractivity contribution in [3.05, 3.63) is 48.2 Å². The van der Waals surface area contributed by atoms with E-state index in [1.165, 1.54) is 12.8 Å². The van der Waals surface area contributed by atoms with Gasteiger partial charge in [0.1, 0.15) is 5.03 Å². The lowest BCUT2D eigenvalue weighted by atomic mass is 10.1. The predicted octanol–water partition coefficient (Wildman–Crippen LogP) is 3.90. The lowest BCUT2D eigenvalue weighted by Crippen LogP contribution is -2.38. The third-order valence-corrected chi connectivity index (χ3v) is 5.90. The van der Waals surface area contributed by atoms with E-state index in [1.54, 1.807) is 47.1 Å². The number of anilines is 2. The van der Waals surface area contributed by atoms with Crippen LogP contribution in [0.5, 0.6) is 0 Å². The van der Waals surface area contributed by atoms with Crippen LogP contribution in [0.25, 0.3) is 0 Å². The van der Waals surface area contributed by atoms with Crippen LogP contribution in [0.4, 0.5) is 16.2 Å². The van der Waals surface area contributed by atoms with Gasteiger partial charge in [-0.3, -0.25) is 9.69 Å². The molecule has 1 aliphatic heterocycles. The Hall–Kier alpha value is -2.54. The van der Waals surface area contributed by atoms with Gasteiger partial charge >= 0.3 is 6.03 Å². The number of thioether (sulfide) groups is 1. The molecule has 0 saturated heterocycles. The molecule has 0 spiro atoms. The van der Waals surface area contributed by atoms with Crippen molar-refractivity contribution in [1.82, 2.24) is 10.3 Å². The van der Waals surface area contributed by atoms with Crippen molar-refractivity contribution in [2.24, 2.45) is 0 Å². The van der Waals surface area contributed by atoms with Crippen LogP contribution in [0.15, 0.2) is 47.6 Å². The topological polar surface area (TPSA) is 74.3 Å². The standard InChI is InChI=1S/C20H22N4O2S/c25-18(22-15-4-1-2-5-15)14-7-9-16(10-8-14)23-20(26)24-12-13-27-19-17(24)6-3-11-21-19/h3,6-11,15H,1-2,4-5,12-13H2,(H,22,25)(H,23,26). The Labute approximate surface area is 162 Å². The molecule has 0 unspecified atom stereocenters. The SMILES string of the molecule is O=C(NC1CCCC1)c1ccc(NC(=O)N2CCSc3ncccc32)cc1. The van der Waals surface area contributed by atoms with Gasteiger partial charge in [0.25, 0.3) is 5.91 Å². The second-order valence-electron chi connectivity index (χ2n) is 6.79. The first kappa shape index (κ1) is 17.9. The Morgan fingerprint density at radius 3 is 2.67 bits per heavy atom. The summed E-state index contributed by atoms with van der Waals surface area (Å²) < 4.78 is 0. The van der Waals surface area contributed by atoms with Gasteiger partial charge in [-0.15, -0.1) is 11.8 Å². The molecule has 0 atom stereocenters. The van der Waals surface area contributed by atoms with E-state index in [4.69, 9.17) is 0 Å². The van der Waals surface area contributed by atoms with Crippen LogP contribution in [0.2, 0.25) is 0 Å². The van der Waals surface area contributed by atoms with Gasteiger partial charge < -0.3 is 10.6 Å². The van der Waals surface area contributed by atoms with E-state index in [1.807, 2.05) is 12.1 Å². The smallest absolute Gasteiger partial charge is 0.326 e. The molecular formula is C20H22N4O2S. The van der Waals surface area contributed by atoms with Crippen LogP contribution < -0.4 is 15.5 Å². The van der Waals surface area contributed by atoms with Crippen molar-refractivity contribution < 1.29 is 9.59 Å². The van der Waals surface area contributed by atoms with Crippen LogP contribution >= 0.6 is 11.8 Å². The number of pyridine rings is 1. The van der Waals surface area contributed by atoms with E-state index >= 15 is 0 Å². The van der Waals surface area contributed by atoms with Crippen LogP contribution in [-0.2, 0) is 0 Å². The van der Waals surface area contributed by atoms with Crippen LogP contribution in [0.1, 0.15) is 36.0 Å². The molecule has 1 saturated carbocycles. The number of nitrogens with zero attached hydrogens (tertiary/aromatic N) is 2. The second-order valence-corrected chi connectivity index (χ2v) is 7.87. The second kappa shape index (κ2) is 8.00. The molecule has 1 aliphatic carbocycles. The molecule has 2 heterocycles. The molecule has 3 amide bonds. The Balaban J connectivity index is 1.40. The molecule has 0 radical (unpaired) electrons. The zero-order valence-electron chi connectivity index (χ0n) is 15.0. The molecule has 1 fully saturated rings. The lowest BCUT2D eigenvalue weighted by molar-refractivity contribution is 0.0938. The van der Waals surface area contributed by atoms with Gasteiger partial charge in [-0.2, -0.15) is 0 Å². The third-order valence-electron chi connectivity index (χ3n) is 4.93. The van der Waals surface area contributed by atoms with Crippen LogP contribution in [0.3, 0.4) is 0 Å². The summed E-state index contributed by atoms with van der Waals surface area (Å²) in [6.07, 6.45) is 6.23. The summed E-state index contributed by atoms with van der Waals surface area (Å²) in [5, 5.41) is 6.86. The van der Waals surface area contributed by atoms with E-state index in [-0.39, 0.29) is 11.9 Å². The van der Waals surface area contributed by atoms with Gasteiger partial charge in [-0.25, -0.2) is 9.78 Å². The minimum Gasteiger partial charge on any atom is -0.349 e. The van der Waals surface area contributed by atoms with Crippen molar-refractivity contribution in [2.75, 3.05) is 22.5 Å². The Bertz CT molecular complexity index is 834. The summed E-state index contributed by atoms with van der Waals surface area (Å²) in [5.74, 6) is 0.769. The largest absolute Gasteiger partial charge is 0.349 e. The summed E-state index contributed by atoms with van der Waals surface area (Å²) in [4.78, 5) is 31.0. The first-order valence-electron chi connectivity index (χ1n) is 9.28. The number of hydrogen-bond donors (Lipinski definition) is 2. The first-order chi connectivity index (χ1) is 13.2. The highest BCUT2D eigenvalue weighted by Gasteiger charge is 2.24. The number of hydrogen-bond acceptors (Lipinski definition) is 4. The van der Waals surface area contributed by atoms with Crippen LogP contribution in [0, 0.1) is 0 Å². The van der Waals surface area contributed by atoms with E-state index in [0.717, 1.165) is 29.3 Å². The molecule has 4 rings (SSSR count). The highest BCUT2D eigenvalue weighted by atomic mass is 32.2. The fraction of sp³-hybridized carbons (Fsp3) is 0.350. The summed E-state index contributed by atoms with van der Waals surface area (Å²) >= 11 is 1.66. The van der Waals surface area contributed by atoms with E-state index in [9.17, 15) is 9.59 Å². The maximum Gasteiger partial charge on any atom is 0.326 e. The van der Waals surface area contributed by atoms with Gasteiger partial charge in [0.05, 0.1) is 5.69 Å². The van der Waals surface area contributed by atoms with Gasteiger partial charge in [-0.1, -0.05) is 12.8 Å². The molecule has 140 valence electrons. The minimum atomic E-state index is -0.187. The zero-order valence-corrected chi connectivity index (χ0v) is 15.8. The van der Waals surface area contributed by atoms with Crippen molar-refractivity contribution in [1.29, 1.82) is 0 Å². The summed E-state index contributed by atoms with van der Waals surface area (Å²) in [7, 11) is 0. The number of fused-ring (bicyclic) bond motifs is 1. The number of carbonyl (C=O) groups excluding carboxylic acids is 2. The van der Waals surface area contributed by atoms with Gasteiger partial charge in [-0.05, 0) is 49.2 Å². The van der Waals surface area contributed by atoms with E-state index < -0.39 is 0 Å². The normalized spacial score (nSPS) is 16.7. The Morgan fingerprint density at radius 1 is 1.11 bits per heavy atom. The van der Waals surface area contributed by atoms with Crippen molar-refractivity contribution in [2.45, 2.75) is 36.8 Å². The van der Waals surface area contributed by atoms with E-state index in [2.05, 4.69) is 15.6 Å². The molecular weight excluding hydrogens is 360 g/mol. The molecule has 1 aromatic heterocycles. The zero-order chi connectivity index (χ0) is 18.6. The van der Waals surface area contributed by atoms with Crippen molar-refractivity contribution in [3.8, 4) is 0 Å². The van der Waals surface area contributed by atoms with Crippen molar-refractivity contribution in [3.63, 3.8) is 0 Å². The third kappa shape index (κ3) is 4.08. The molecule has 6 nitrogen and oxygen atoms in total. The average molecular weight is 382 g/mol. The molecule has 2 N–H and O–H groups in total. The Morgan fingerprint density at radius 2 is 1.89 bits per heavy atom. The summed E-state index contributed by atoms with van der Waals surface area (Å²) in [5.41, 5.74) is 2.11. The number of benzene rings is 1. The maximum atomic E-state index is 12.7. The molecule has 2 aromatic rings. The number of nitrogens with one attached hydrogen (secondary N) is 2. The Kier molecular flexibility index (Phi) is 5.29. The van der Waals surface area contributed by atoms with Crippen LogP contribution in [-0.4, -0.2) is 35.3 Å². The average Bonchev–Trinajstić information content (AvgIpc) is 3.21. The van der Waals surface area contributed by atoms with Gasteiger partial charge in [0, 0.05) is 35.8 Å². The minimum absolute atomic E-state index is 0.0483. The number of urea groups is 1. The fourth-order valence-corrected chi connectivity index (χ4v) is 4.43. The predicted molar refractivity (Wildman–Crippen MR) is 107 cm³/mol. The lowest BCUT2D eigenvalue weighted by Gasteiger charge is -2.28. The highest BCUT2D eigenvalue weighted by molar-refractivity contribution is 7.99. The number of aromatic nitrogens is 1. The number of carbonyl (C=O) groups is 2.